The van der Waals surface area contributed by atoms with Crippen LogP contribution in [0.3, 0.4) is 0 Å². The van der Waals surface area contributed by atoms with E-state index >= 15 is 0 Å². The minimum Gasteiger partial charge on any atom is -0.465 e. The second-order valence-electron chi connectivity index (χ2n) is 7.76. The summed E-state index contributed by atoms with van der Waals surface area (Å²) < 4.78 is 5.95. The van der Waals surface area contributed by atoms with Crippen molar-refractivity contribution in [3.8, 4) is 0 Å². The first kappa shape index (κ1) is 20.2. The first-order valence-corrected chi connectivity index (χ1v) is 10.8. The number of hydrogen-bond acceptors (Lipinski definition) is 4. The number of likely N-dealkylation sites (tertiary alicyclic amines) is 2. The van der Waals surface area contributed by atoms with Gasteiger partial charge in [0.25, 0.3) is 0 Å². The van der Waals surface area contributed by atoms with Gasteiger partial charge in [-0.2, -0.15) is 0 Å². The lowest BCUT2D eigenvalue weighted by atomic mass is 10.1. The molecule has 1 aromatic heterocycles. The van der Waals surface area contributed by atoms with E-state index in [2.05, 4.69) is 39.5 Å². The molecule has 27 heavy (non-hydrogen) atoms. The molecule has 152 valence electrons. The average Bonchev–Trinajstić information content (AvgIpc) is 3.35. The van der Waals surface area contributed by atoms with Gasteiger partial charge in [-0.15, -0.1) is 0 Å². The highest BCUT2D eigenvalue weighted by Crippen LogP contribution is 2.26. The van der Waals surface area contributed by atoms with Gasteiger partial charge in [-0.25, -0.2) is 0 Å². The van der Waals surface area contributed by atoms with Crippen molar-refractivity contribution in [3.63, 3.8) is 0 Å². The first-order valence-electron chi connectivity index (χ1n) is 10.8. The Kier molecular flexibility index (Phi) is 8.02. The lowest BCUT2D eigenvalue weighted by molar-refractivity contribution is 0.219. The van der Waals surface area contributed by atoms with Crippen molar-refractivity contribution in [1.82, 2.24) is 20.4 Å². The summed E-state index contributed by atoms with van der Waals surface area (Å²) in [6, 6.07) is 4.41. The molecular formula is C21H37N5O. The summed E-state index contributed by atoms with van der Waals surface area (Å²) >= 11 is 0. The standard InChI is InChI=1S/C21H37N5O/c1-3-22-21(23-11-16-25-12-5-4-6-13-25)24-17-19(26-14-7-8-15-26)20-10-9-18(2)27-20/h9-10,19H,3-8,11-17H2,1-2H3,(H2,22,23,24). The van der Waals surface area contributed by atoms with Crippen molar-refractivity contribution in [2.75, 3.05) is 52.4 Å². The van der Waals surface area contributed by atoms with Crippen LogP contribution >= 0.6 is 0 Å². The molecule has 6 heteroatoms. The highest BCUT2D eigenvalue weighted by atomic mass is 16.3. The van der Waals surface area contributed by atoms with Crippen molar-refractivity contribution in [2.24, 2.45) is 4.99 Å². The summed E-state index contributed by atoms with van der Waals surface area (Å²) in [6.07, 6.45) is 6.61. The molecular weight excluding hydrogens is 338 g/mol. The SMILES string of the molecule is CCNC(=NCC(c1ccc(C)o1)N1CCCC1)NCCN1CCCCC1. The molecule has 2 aliphatic rings. The fourth-order valence-corrected chi connectivity index (χ4v) is 4.11. The number of rotatable bonds is 8. The van der Waals surface area contributed by atoms with Gasteiger partial charge in [0.15, 0.2) is 5.96 Å². The van der Waals surface area contributed by atoms with E-state index in [1.807, 2.05) is 6.92 Å². The third-order valence-corrected chi connectivity index (χ3v) is 5.61. The quantitative estimate of drug-likeness (QED) is 0.540. The Balaban J connectivity index is 1.56. The van der Waals surface area contributed by atoms with E-state index in [0.717, 1.165) is 56.7 Å². The van der Waals surface area contributed by atoms with Gasteiger partial charge in [-0.1, -0.05) is 6.42 Å². The van der Waals surface area contributed by atoms with Crippen molar-refractivity contribution in [3.05, 3.63) is 23.7 Å². The first-order chi connectivity index (χ1) is 13.3. The van der Waals surface area contributed by atoms with Crippen molar-refractivity contribution in [1.29, 1.82) is 0 Å². The van der Waals surface area contributed by atoms with Gasteiger partial charge in [0.1, 0.15) is 11.5 Å². The zero-order valence-corrected chi connectivity index (χ0v) is 17.2. The highest BCUT2D eigenvalue weighted by Gasteiger charge is 2.25. The van der Waals surface area contributed by atoms with Crippen LogP contribution in [0.15, 0.2) is 21.5 Å². The molecule has 2 saturated heterocycles. The number of aliphatic imine (C=N–C) groups is 1. The van der Waals surface area contributed by atoms with Crippen molar-refractivity contribution in [2.45, 2.75) is 52.0 Å². The van der Waals surface area contributed by atoms with Gasteiger partial charge in [0.2, 0.25) is 0 Å². The summed E-state index contributed by atoms with van der Waals surface area (Å²) in [6.45, 7) is 12.5. The molecule has 2 aliphatic heterocycles. The summed E-state index contributed by atoms with van der Waals surface area (Å²) in [5.41, 5.74) is 0. The molecule has 0 aromatic carbocycles. The predicted octanol–water partition coefficient (Wildman–Crippen LogP) is 2.77. The Morgan fingerprint density at radius 1 is 1.07 bits per heavy atom. The zero-order chi connectivity index (χ0) is 18.9. The molecule has 2 N–H and O–H groups in total. The Morgan fingerprint density at radius 3 is 2.48 bits per heavy atom. The van der Waals surface area contributed by atoms with Gasteiger partial charge < -0.3 is 20.0 Å². The van der Waals surface area contributed by atoms with Gasteiger partial charge in [-0.3, -0.25) is 9.89 Å². The number of furan rings is 1. The molecule has 0 aliphatic carbocycles. The monoisotopic (exact) mass is 375 g/mol. The van der Waals surface area contributed by atoms with E-state index in [4.69, 9.17) is 9.41 Å². The maximum absolute atomic E-state index is 5.95. The summed E-state index contributed by atoms with van der Waals surface area (Å²) in [7, 11) is 0. The number of hydrogen-bond donors (Lipinski definition) is 2. The fourth-order valence-electron chi connectivity index (χ4n) is 4.11. The van der Waals surface area contributed by atoms with Crippen molar-refractivity contribution < 1.29 is 4.42 Å². The van der Waals surface area contributed by atoms with Crippen LogP contribution in [0.4, 0.5) is 0 Å². The van der Waals surface area contributed by atoms with Crippen LogP contribution in [0.5, 0.6) is 0 Å². The number of piperidine rings is 1. The van der Waals surface area contributed by atoms with Crippen LogP contribution in [0.1, 0.15) is 56.6 Å². The molecule has 6 nitrogen and oxygen atoms in total. The van der Waals surface area contributed by atoms with E-state index in [9.17, 15) is 0 Å². The van der Waals surface area contributed by atoms with E-state index < -0.39 is 0 Å². The minimum atomic E-state index is 0.235. The molecule has 0 bridgehead atoms. The van der Waals surface area contributed by atoms with Gasteiger partial charge in [0.05, 0.1) is 12.6 Å². The topological polar surface area (TPSA) is 56.0 Å². The third kappa shape index (κ3) is 6.25. The smallest absolute Gasteiger partial charge is 0.191 e. The molecule has 3 rings (SSSR count). The van der Waals surface area contributed by atoms with Crippen LogP contribution in [-0.4, -0.2) is 68.1 Å². The van der Waals surface area contributed by atoms with Crippen LogP contribution in [-0.2, 0) is 0 Å². The molecule has 2 fully saturated rings. The number of nitrogens with zero attached hydrogens (tertiary/aromatic N) is 3. The normalized spacial score (nSPS) is 20.7. The number of guanidine groups is 1. The summed E-state index contributed by atoms with van der Waals surface area (Å²) in [5.74, 6) is 2.94. The van der Waals surface area contributed by atoms with E-state index in [1.54, 1.807) is 0 Å². The lowest BCUT2D eigenvalue weighted by Crippen LogP contribution is -2.43. The van der Waals surface area contributed by atoms with Crippen LogP contribution in [0.25, 0.3) is 0 Å². The maximum atomic E-state index is 5.95. The minimum absolute atomic E-state index is 0.235. The Morgan fingerprint density at radius 2 is 1.81 bits per heavy atom. The lowest BCUT2D eigenvalue weighted by Gasteiger charge is -2.27. The Hall–Kier alpha value is -1.53. The molecule has 1 atom stereocenters. The summed E-state index contributed by atoms with van der Waals surface area (Å²) in [4.78, 5) is 9.97. The Labute approximate surface area is 164 Å². The third-order valence-electron chi connectivity index (χ3n) is 5.61. The number of nitrogens with one attached hydrogen (secondary N) is 2. The molecule has 3 heterocycles. The molecule has 0 radical (unpaired) electrons. The second kappa shape index (κ2) is 10.7. The van der Waals surface area contributed by atoms with Crippen LogP contribution in [0, 0.1) is 6.92 Å². The molecule has 0 saturated carbocycles. The van der Waals surface area contributed by atoms with Gasteiger partial charge >= 0.3 is 0 Å². The molecule has 0 amide bonds. The second-order valence-corrected chi connectivity index (χ2v) is 7.76. The highest BCUT2D eigenvalue weighted by molar-refractivity contribution is 5.79. The maximum Gasteiger partial charge on any atom is 0.191 e. The number of aryl methyl sites for hydroxylation is 1. The van der Waals surface area contributed by atoms with Gasteiger partial charge in [0, 0.05) is 19.6 Å². The van der Waals surface area contributed by atoms with Crippen LogP contribution < -0.4 is 10.6 Å². The van der Waals surface area contributed by atoms with E-state index in [1.165, 1.54) is 45.2 Å². The largest absolute Gasteiger partial charge is 0.465 e. The van der Waals surface area contributed by atoms with E-state index in [0.29, 0.717) is 0 Å². The zero-order valence-electron chi connectivity index (χ0n) is 17.2. The molecule has 0 spiro atoms. The predicted molar refractivity (Wildman–Crippen MR) is 111 cm³/mol. The molecule has 1 unspecified atom stereocenters. The fraction of sp³-hybridized carbons (Fsp3) is 0.762. The summed E-state index contributed by atoms with van der Waals surface area (Å²) in [5, 5.41) is 6.91. The van der Waals surface area contributed by atoms with E-state index in [-0.39, 0.29) is 6.04 Å². The Bertz CT molecular complexity index is 573. The van der Waals surface area contributed by atoms with Gasteiger partial charge in [-0.05, 0) is 77.8 Å². The van der Waals surface area contributed by atoms with Crippen molar-refractivity contribution >= 4 is 5.96 Å². The average molecular weight is 376 g/mol. The van der Waals surface area contributed by atoms with Crippen LogP contribution in [0.2, 0.25) is 0 Å². The molecule has 1 aromatic rings.